The number of amides is 1. The van der Waals surface area contributed by atoms with E-state index in [9.17, 15) is 4.79 Å². The Bertz CT molecular complexity index is 720. The lowest BCUT2D eigenvalue weighted by Crippen LogP contribution is -2.32. The summed E-state index contributed by atoms with van der Waals surface area (Å²) >= 11 is 3.38. The number of ether oxygens (including phenoxy) is 1. The van der Waals surface area contributed by atoms with Gasteiger partial charge in [-0.25, -0.2) is 9.78 Å². The van der Waals surface area contributed by atoms with Gasteiger partial charge in [-0.3, -0.25) is 0 Å². The van der Waals surface area contributed by atoms with Crippen LogP contribution in [0, 0.1) is 11.8 Å². The van der Waals surface area contributed by atoms with Gasteiger partial charge in [0.2, 0.25) is 0 Å². The van der Waals surface area contributed by atoms with E-state index >= 15 is 0 Å². The van der Waals surface area contributed by atoms with Crippen LogP contribution in [0.25, 0.3) is 11.0 Å². The van der Waals surface area contributed by atoms with Crippen LogP contribution in [-0.4, -0.2) is 28.2 Å². The Morgan fingerprint density at radius 3 is 3.00 bits per heavy atom. The van der Waals surface area contributed by atoms with E-state index in [1.54, 1.807) is 12.4 Å². The fourth-order valence-corrected chi connectivity index (χ4v) is 1.98. The summed E-state index contributed by atoms with van der Waals surface area (Å²) < 4.78 is 6.01. The molecule has 0 aromatic carbocycles. The Morgan fingerprint density at radius 1 is 1.52 bits per heavy atom. The number of nitrogens with one attached hydrogen (secondary N) is 2. The van der Waals surface area contributed by atoms with Gasteiger partial charge in [-0.15, -0.1) is 0 Å². The molecular weight excluding hydrogens is 334 g/mol. The molecule has 0 spiro atoms. The average molecular weight is 350 g/mol. The maximum Gasteiger partial charge on any atom is 0.408 e. The Kier molecular flexibility index (Phi) is 4.53. The van der Waals surface area contributed by atoms with Crippen LogP contribution in [0.5, 0.6) is 0 Å². The van der Waals surface area contributed by atoms with E-state index in [0.29, 0.717) is 0 Å². The van der Waals surface area contributed by atoms with Gasteiger partial charge in [0.1, 0.15) is 11.2 Å². The molecule has 5 nitrogen and oxygen atoms in total. The molecule has 0 saturated heterocycles. The molecule has 0 unspecified atom stereocenters. The van der Waals surface area contributed by atoms with Crippen molar-refractivity contribution < 1.29 is 9.53 Å². The summed E-state index contributed by atoms with van der Waals surface area (Å²) in [6.07, 6.45) is 3.05. The molecule has 2 N–H and O–H groups in total. The first kappa shape index (κ1) is 15.4. The highest BCUT2D eigenvalue weighted by molar-refractivity contribution is 9.10. The van der Waals surface area contributed by atoms with Crippen LogP contribution in [-0.2, 0) is 4.74 Å². The predicted molar refractivity (Wildman–Crippen MR) is 84.9 cm³/mol. The number of rotatable bonds is 1. The standard InChI is InChI=1S/C15H16BrN3O2/c1-15(2,3)21-14(20)17-6-4-5-10-8-18-13-12(10)7-11(16)9-19-13/h7-9H,6H2,1-3H3,(H,17,20)(H,18,19). The van der Waals surface area contributed by atoms with E-state index in [2.05, 4.69) is 43.1 Å². The number of nitrogens with zero attached hydrogens (tertiary/aromatic N) is 1. The zero-order valence-corrected chi connectivity index (χ0v) is 13.7. The van der Waals surface area contributed by atoms with Crippen LogP contribution >= 0.6 is 15.9 Å². The molecule has 2 aromatic rings. The van der Waals surface area contributed by atoms with Gasteiger partial charge in [-0.05, 0) is 42.8 Å². The molecule has 0 fully saturated rings. The molecule has 0 saturated carbocycles. The molecule has 1 amide bonds. The number of pyridine rings is 1. The van der Waals surface area contributed by atoms with Gasteiger partial charge < -0.3 is 15.0 Å². The maximum absolute atomic E-state index is 11.5. The van der Waals surface area contributed by atoms with Gasteiger partial charge in [-0.2, -0.15) is 0 Å². The Hall–Kier alpha value is -2.00. The van der Waals surface area contributed by atoms with Crippen molar-refractivity contribution in [3.8, 4) is 11.8 Å². The molecule has 110 valence electrons. The second-order valence-electron chi connectivity index (χ2n) is 5.41. The summed E-state index contributed by atoms with van der Waals surface area (Å²) in [4.78, 5) is 18.7. The zero-order valence-electron chi connectivity index (χ0n) is 12.1. The van der Waals surface area contributed by atoms with E-state index in [0.717, 1.165) is 21.1 Å². The molecule has 0 bridgehead atoms. The maximum atomic E-state index is 11.5. The van der Waals surface area contributed by atoms with Crippen LogP contribution in [0.4, 0.5) is 4.79 Å². The van der Waals surface area contributed by atoms with Crippen molar-refractivity contribution in [2.45, 2.75) is 26.4 Å². The molecular formula is C15H16BrN3O2. The number of hydrogen-bond donors (Lipinski definition) is 2. The molecule has 2 rings (SSSR count). The molecule has 2 aromatic heterocycles. The second kappa shape index (κ2) is 6.19. The van der Waals surface area contributed by atoms with Gasteiger partial charge in [0.05, 0.1) is 12.1 Å². The van der Waals surface area contributed by atoms with Crippen LogP contribution in [0.1, 0.15) is 26.3 Å². The highest BCUT2D eigenvalue weighted by Gasteiger charge is 2.15. The smallest absolute Gasteiger partial charge is 0.408 e. The minimum absolute atomic E-state index is 0.225. The van der Waals surface area contributed by atoms with Crippen LogP contribution in [0.3, 0.4) is 0 Å². The number of halogens is 1. The largest absolute Gasteiger partial charge is 0.444 e. The van der Waals surface area contributed by atoms with E-state index < -0.39 is 11.7 Å². The molecule has 0 radical (unpaired) electrons. The lowest BCUT2D eigenvalue weighted by molar-refractivity contribution is 0.0535. The first-order chi connectivity index (χ1) is 9.85. The third kappa shape index (κ3) is 4.50. The van der Waals surface area contributed by atoms with E-state index in [-0.39, 0.29) is 6.54 Å². The fourth-order valence-electron chi connectivity index (χ4n) is 1.65. The summed E-state index contributed by atoms with van der Waals surface area (Å²) in [6.45, 7) is 5.67. The van der Waals surface area contributed by atoms with E-state index in [4.69, 9.17) is 4.74 Å². The number of carbonyl (C=O) groups is 1. The molecule has 6 heteroatoms. The van der Waals surface area contributed by atoms with Crippen molar-refractivity contribution in [1.82, 2.24) is 15.3 Å². The molecule has 0 aliphatic rings. The van der Waals surface area contributed by atoms with Gasteiger partial charge in [0.25, 0.3) is 0 Å². The van der Waals surface area contributed by atoms with Crippen LogP contribution < -0.4 is 5.32 Å². The van der Waals surface area contributed by atoms with Crippen LogP contribution in [0.2, 0.25) is 0 Å². The lowest BCUT2D eigenvalue weighted by Gasteiger charge is -2.18. The van der Waals surface area contributed by atoms with Gasteiger partial charge in [-0.1, -0.05) is 11.8 Å². The highest BCUT2D eigenvalue weighted by atomic mass is 79.9. The van der Waals surface area contributed by atoms with Crippen LogP contribution in [0.15, 0.2) is 22.9 Å². The topological polar surface area (TPSA) is 67.0 Å². The molecule has 0 atom stereocenters. The summed E-state index contributed by atoms with van der Waals surface area (Å²) in [5.41, 5.74) is 1.11. The summed E-state index contributed by atoms with van der Waals surface area (Å²) in [7, 11) is 0. The Morgan fingerprint density at radius 2 is 2.29 bits per heavy atom. The Labute approximate surface area is 131 Å². The Balaban J connectivity index is 1.99. The second-order valence-corrected chi connectivity index (χ2v) is 6.32. The number of aromatic amines is 1. The summed E-state index contributed by atoms with van der Waals surface area (Å²) in [5.74, 6) is 5.89. The molecule has 0 aliphatic carbocycles. The van der Waals surface area contributed by atoms with Crippen molar-refractivity contribution in [2.75, 3.05) is 6.54 Å². The first-order valence-corrected chi connectivity index (χ1v) is 7.23. The fraction of sp³-hybridized carbons (Fsp3) is 0.333. The third-order valence-electron chi connectivity index (χ3n) is 2.44. The number of carbonyl (C=O) groups excluding carboxylic acids is 1. The van der Waals surface area contributed by atoms with Gasteiger partial charge in [0.15, 0.2) is 0 Å². The lowest BCUT2D eigenvalue weighted by atomic mass is 10.2. The summed E-state index contributed by atoms with van der Waals surface area (Å²) in [5, 5.41) is 3.53. The first-order valence-electron chi connectivity index (χ1n) is 6.43. The minimum atomic E-state index is -0.508. The van der Waals surface area contributed by atoms with Crippen molar-refractivity contribution in [2.24, 2.45) is 0 Å². The SMILES string of the molecule is CC(C)(C)OC(=O)NCC#Cc1c[nH]c2ncc(Br)cc12. The predicted octanol–water partition coefficient (Wildman–Crippen LogP) is 3.20. The molecule has 21 heavy (non-hydrogen) atoms. The third-order valence-corrected chi connectivity index (χ3v) is 2.87. The van der Waals surface area contributed by atoms with Gasteiger partial charge >= 0.3 is 6.09 Å². The average Bonchev–Trinajstić information content (AvgIpc) is 2.75. The molecule has 0 aliphatic heterocycles. The number of fused-ring (bicyclic) bond motifs is 1. The quantitative estimate of drug-likeness (QED) is 0.777. The number of aromatic nitrogens is 2. The summed E-state index contributed by atoms with van der Waals surface area (Å²) in [6, 6.07) is 1.95. The van der Waals surface area contributed by atoms with Crippen molar-refractivity contribution in [3.05, 3.63) is 28.5 Å². The molecule has 2 heterocycles. The van der Waals surface area contributed by atoms with Crippen molar-refractivity contribution in [1.29, 1.82) is 0 Å². The monoisotopic (exact) mass is 349 g/mol. The van der Waals surface area contributed by atoms with E-state index in [1.807, 2.05) is 26.8 Å². The minimum Gasteiger partial charge on any atom is -0.444 e. The zero-order chi connectivity index (χ0) is 15.5. The highest BCUT2D eigenvalue weighted by Crippen LogP contribution is 2.19. The number of alkyl carbamates (subject to hydrolysis) is 1. The van der Waals surface area contributed by atoms with Gasteiger partial charge in [0, 0.05) is 22.3 Å². The van der Waals surface area contributed by atoms with Crippen molar-refractivity contribution in [3.63, 3.8) is 0 Å². The number of hydrogen-bond acceptors (Lipinski definition) is 3. The van der Waals surface area contributed by atoms with Crippen molar-refractivity contribution >= 4 is 33.1 Å². The van der Waals surface area contributed by atoms with E-state index in [1.165, 1.54) is 0 Å². The normalized spacial score (nSPS) is 10.9. The number of H-pyrrole nitrogens is 1.